The molecule has 0 spiro atoms. The quantitative estimate of drug-likeness (QED) is 0.929. The molecule has 1 saturated carbocycles. The fraction of sp³-hybridized carbons (Fsp3) is 0.368. The number of hydrogen-bond acceptors (Lipinski definition) is 5. The van der Waals surface area contributed by atoms with E-state index in [-0.39, 0.29) is 11.8 Å². The van der Waals surface area contributed by atoms with Gasteiger partial charge in [-0.05, 0) is 50.3 Å². The number of carbonyl (C=O) groups is 1. The Kier molecular flexibility index (Phi) is 3.65. The van der Waals surface area contributed by atoms with Gasteiger partial charge in [0.2, 0.25) is 5.91 Å². The van der Waals surface area contributed by atoms with Gasteiger partial charge in [-0.2, -0.15) is 5.26 Å². The van der Waals surface area contributed by atoms with Crippen molar-refractivity contribution >= 4 is 23.2 Å². The lowest BCUT2D eigenvalue weighted by atomic mass is 9.83. The molecule has 25 heavy (non-hydrogen) atoms. The maximum absolute atomic E-state index is 12.9. The summed E-state index contributed by atoms with van der Waals surface area (Å²) in [5, 5.41) is 12.8. The molecular formula is C19H19N5O. The Hall–Kier alpha value is -2.94. The molecule has 2 fully saturated rings. The number of carbonyl (C=O) groups excluding carboxylic acids is 1. The Morgan fingerprint density at radius 1 is 1.32 bits per heavy atom. The predicted octanol–water partition coefficient (Wildman–Crippen LogP) is 3.19. The zero-order valence-corrected chi connectivity index (χ0v) is 14.1. The van der Waals surface area contributed by atoms with E-state index in [1.54, 1.807) is 11.1 Å². The SMILES string of the molecule is Cc1cccc(Nc2cc(N3CC[C@@](C#N)(C4CC4)C3=O)ccn2)n1. The maximum Gasteiger partial charge on any atom is 0.247 e. The van der Waals surface area contributed by atoms with Gasteiger partial charge in [-0.25, -0.2) is 9.97 Å². The zero-order chi connectivity index (χ0) is 17.4. The van der Waals surface area contributed by atoms with Gasteiger partial charge in [0.1, 0.15) is 17.1 Å². The third-order valence-corrected chi connectivity index (χ3v) is 5.03. The number of nitrogens with zero attached hydrogens (tertiary/aromatic N) is 4. The number of rotatable bonds is 4. The molecule has 4 rings (SSSR count). The summed E-state index contributed by atoms with van der Waals surface area (Å²) in [6.07, 6.45) is 4.24. The summed E-state index contributed by atoms with van der Waals surface area (Å²) < 4.78 is 0. The number of nitrogens with one attached hydrogen (secondary N) is 1. The molecular weight excluding hydrogens is 314 g/mol. The maximum atomic E-state index is 12.9. The summed E-state index contributed by atoms with van der Waals surface area (Å²) in [5.41, 5.74) is 0.863. The van der Waals surface area contributed by atoms with Crippen molar-refractivity contribution in [2.75, 3.05) is 16.8 Å². The summed E-state index contributed by atoms with van der Waals surface area (Å²) in [6.45, 7) is 2.51. The number of anilines is 3. The molecule has 6 heteroatoms. The van der Waals surface area contributed by atoms with Crippen LogP contribution in [0.4, 0.5) is 17.3 Å². The average molecular weight is 333 g/mol. The van der Waals surface area contributed by atoms with E-state index in [9.17, 15) is 10.1 Å². The highest BCUT2D eigenvalue weighted by Gasteiger charge is 2.56. The molecule has 2 aliphatic rings. The number of amides is 1. The van der Waals surface area contributed by atoms with Gasteiger partial charge in [-0.15, -0.1) is 0 Å². The Labute approximate surface area is 146 Å². The van der Waals surface area contributed by atoms with E-state index in [1.807, 2.05) is 37.3 Å². The predicted molar refractivity (Wildman–Crippen MR) is 94.2 cm³/mol. The van der Waals surface area contributed by atoms with Gasteiger partial charge >= 0.3 is 0 Å². The van der Waals surface area contributed by atoms with Crippen LogP contribution in [0.1, 0.15) is 25.0 Å². The highest BCUT2D eigenvalue weighted by Crippen LogP contribution is 2.51. The number of hydrogen-bond donors (Lipinski definition) is 1. The summed E-state index contributed by atoms with van der Waals surface area (Å²) in [6, 6.07) is 11.7. The molecule has 0 aromatic carbocycles. The van der Waals surface area contributed by atoms with E-state index >= 15 is 0 Å². The van der Waals surface area contributed by atoms with Crippen molar-refractivity contribution in [3.63, 3.8) is 0 Å². The van der Waals surface area contributed by atoms with Crippen LogP contribution in [0.5, 0.6) is 0 Å². The number of aryl methyl sites for hydroxylation is 1. The zero-order valence-electron chi connectivity index (χ0n) is 14.1. The van der Waals surface area contributed by atoms with Gasteiger partial charge in [0.05, 0.1) is 6.07 Å². The largest absolute Gasteiger partial charge is 0.325 e. The molecule has 2 aromatic rings. The van der Waals surface area contributed by atoms with Crippen molar-refractivity contribution in [2.45, 2.75) is 26.2 Å². The average Bonchev–Trinajstić information content (AvgIpc) is 3.40. The minimum absolute atomic E-state index is 0.0664. The standard InChI is InChI=1S/C19H19N5O/c1-13-3-2-4-16(22-13)23-17-11-15(7-9-21-17)24-10-8-19(12-20,18(24)25)14-5-6-14/h2-4,7,9,11,14H,5-6,8,10H2,1H3,(H,21,22,23)/t19-/m1/s1. The van der Waals surface area contributed by atoms with E-state index in [0.29, 0.717) is 24.6 Å². The first kappa shape index (κ1) is 15.6. The normalized spacial score (nSPS) is 22.7. The van der Waals surface area contributed by atoms with E-state index in [4.69, 9.17) is 0 Å². The van der Waals surface area contributed by atoms with Crippen LogP contribution < -0.4 is 10.2 Å². The minimum atomic E-state index is -0.824. The van der Waals surface area contributed by atoms with Crippen molar-refractivity contribution in [1.82, 2.24) is 9.97 Å². The van der Waals surface area contributed by atoms with Gasteiger partial charge in [-0.3, -0.25) is 4.79 Å². The van der Waals surface area contributed by atoms with Crippen molar-refractivity contribution in [3.05, 3.63) is 42.2 Å². The van der Waals surface area contributed by atoms with Crippen LogP contribution >= 0.6 is 0 Å². The first-order valence-corrected chi connectivity index (χ1v) is 8.52. The molecule has 3 heterocycles. The lowest BCUT2D eigenvalue weighted by molar-refractivity contribution is -0.123. The molecule has 1 atom stereocenters. The van der Waals surface area contributed by atoms with Crippen molar-refractivity contribution in [3.8, 4) is 6.07 Å². The second kappa shape index (κ2) is 5.85. The van der Waals surface area contributed by atoms with Crippen LogP contribution in [0.15, 0.2) is 36.5 Å². The topological polar surface area (TPSA) is 81.9 Å². The highest BCUT2D eigenvalue weighted by molar-refractivity contribution is 6.02. The molecule has 0 bridgehead atoms. The minimum Gasteiger partial charge on any atom is -0.325 e. The van der Waals surface area contributed by atoms with Crippen molar-refractivity contribution in [2.24, 2.45) is 11.3 Å². The van der Waals surface area contributed by atoms with E-state index in [1.165, 1.54) is 0 Å². The third-order valence-electron chi connectivity index (χ3n) is 5.03. The monoisotopic (exact) mass is 333 g/mol. The van der Waals surface area contributed by atoms with Crippen LogP contribution in [0.2, 0.25) is 0 Å². The molecule has 1 saturated heterocycles. The summed E-state index contributed by atoms with van der Waals surface area (Å²) in [7, 11) is 0. The molecule has 126 valence electrons. The fourth-order valence-electron chi connectivity index (χ4n) is 3.53. The molecule has 0 unspecified atom stereocenters. The Morgan fingerprint density at radius 2 is 2.16 bits per heavy atom. The van der Waals surface area contributed by atoms with Crippen LogP contribution in [0.25, 0.3) is 0 Å². The first-order chi connectivity index (χ1) is 12.1. The fourth-order valence-corrected chi connectivity index (χ4v) is 3.53. The van der Waals surface area contributed by atoms with Crippen LogP contribution in [0.3, 0.4) is 0 Å². The van der Waals surface area contributed by atoms with Crippen molar-refractivity contribution < 1.29 is 4.79 Å². The molecule has 1 aliphatic carbocycles. The van der Waals surface area contributed by atoms with E-state index in [0.717, 1.165) is 24.2 Å². The second-order valence-electron chi connectivity index (χ2n) is 6.75. The molecule has 1 N–H and O–H groups in total. The van der Waals surface area contributed by atoms with Gasteiger partial charge in [-0.1, -0.05) is 6.07 Å². The Bertz CT molecular complexity index is 870. The van der Waals surface area contributed by atoms with Crippen LogP contribution in [0, 0.1) is 29.6 Å². The van der Waals surface area contributed by atoms with Gasteiger partial charge in [0.15, 0.2) is 0 Å². The Balaban J connectivity index is 1.58. The number of aromatic nitrogens is 2. The van der Waals surface area contributed by atoms with Crippen LogP contribution in [-0.4, -0.2) is 22.4 Å². The molecule has 2 aromatic heterocycles. The van der Waals surface area contributed by atoms with Crippen LogP contribution in [-0.2, 0) is 4.79 Å². The number of nitriles is 1. The van der Waals surface area contributed by atoms with Gasteiger partial charge in [0, 0.05) is 30.2 Å². The molecule has 6 nitrogen and oxygen atoms in total. The smallest absolute Gasteiger partial charge is 0.247 e. The first-order valence-electron chi connectivity index (χ1n) is 8.52. The summed E-state index contributed by atoms with van der Waals surface area (Å²) >= 11 is 0. The lowest BCUT2D eigenvalue weighted by Crippen LogP contribution is -2.35. The highest BCUT2D eigenvalue weighted by atomic mass is 16.2. The van der Waals surface area contributed by atoms with E-state index < -0.39 is 5.41 Å². The van der Waals surface area contributed by atoms with E-state index in [2.05, 4.69) is 21.4 Å². The molecule has 1 amide bonds. The third kappa shape index (κ3) is 2.72. The van der Waals surface area contributed by atoms with Crippen molar-refractivity contribution in [1.29, 1.82) is 5.26 Å². The lowest BCUT2D eigenvalue weighted by Gasteiger charge is -2.21. The van der Waals surface area contributed by atoms with Gasteiger partial charge < -0.3 is 10.2 Å². The molecule has 0 radical (unpaired) electrons. The number of pyridine rings is 2. The second-order valence-corrected chi connectivity index (χ2v) is 6.75. The summed E-state index contributed by atoms with van der Waals surface area (Å²) in [4.78, 5) is 23.3. The van der Waals surface area contributed by atoms with Gasteiger partial charge in [0.25, 0.3) is 0 Å². The summed E-state index contributed by atoms with van der Waals surface area (Å²) in [5.74, 6) is 1.50. The molecule has 1 aliphatic heterocycles. The Morgan fingerprint density at radius 3 is 2.88 bits per heavy atom.